The number of benzene rings is 1. The Morgan fingerprint density at radius 3 is 2.48 bits per heavy atom. The third-order valence-corrected chi connectivity index (χ3v) is 3.60. The zero-order valence-corrected chi connectivity index (χ0v) is 15.1. The number of hydrogen-bond acceptors (Lipinski definition) is 5. The molecule has 0 unspecified atom stereocenters. The van der Waals surface area contributed by atoms with Gasteiger partial charge in [-0.15, -0.1) is 0 Å². The highest BCUT2D eigenvalue weighted by Gasteiger charge is 2.32. The summed E-state index contributed by atoms with van der Waals surface area (Å²) in [5, 5.41) is 3.21. The molecule has 2 rings (SSSR count). The summed E-state index contributed by atoms with van der Waals surface area (Å²) in [5.41, 5.74) is -0.943. The standard InChI is InChI=1S/C17H16Cl2N2O4/c1-17(2,25-12-7-5-11(18)6-8-12)16(23)24-10-14(22)21-13-4-3-9-20-15(13)19/h3-9H,10H2,1-2H3,(H,21,22). The fourth-order valence-corrected chi connectivity index (χ4v) is 2.10. The molecule has 1 amide bonds. The first-order valence-electron chi connectivity index (χ1n) is 7.30. The molecule has 1 N–H and O–H groups in total. The van der Waals surface area contributed by atoms with Gasteiger partial charge in [0.2, 0.25) is 0 Å². The van der Waals surface area contributed by atoms with E-state index in [-0.39, 0.29) is 5.15 Å². The van der Waals surface area contributed by atoms with E-state index in [0.29, 0.717) is 16.5 Å². The van der Waals surface area contributed by atoms with E-state index >= 15 is 0 Å². The molecular weight excluding hydrogens is 367 g/mol. The van der Waals surface area contributed by atoms with Gasteiger partial charge in [-0.2, -0.15) is 0 Å². The summed E-state index contributed by atoms with van der Waals surface area (Å²) in [6.07, 6.45) is 1.49. The van der Waals surface area contributed by atoms with Gasteiger partial charge in [-0.3, -0.25) is 4.79 Å². The molecule has 0 aliphatic heterocycles. The van der Waals surface area contributed by atoms with Crippen LogP contribution in [0.4, 0.5) is 5.69 Å². The molecule has 0 fully saturated rings. The second kappa shape index (κ2) is 8.18. The van der Waals surface area contributed by atoms with Gasteiger partial charge in [0.15, 0.2) is 17.4 Å². The molecule has 2 aromatic rings. The molecule has 0 bridgehead atoms. The number of amides is 1. The van der Waals surface area contributed by atoms with Crippen molar-refractivity contribution in [2.75, 3.05) is 11.9 Å². The summed E-state index contributed by atoms with van der Waals surface area (Å²) in [5.74, 6) is -0.765. The third-order valence-electron chi connectivity index (χ3n) is 3.05. The minimum atomic E-state index is -1.28. The average Bonchev–Trinajstić information content (AvgIpc) is 2.56. The highest BCUT2D eigenvalue weighted by molar-refractivity contribution is 6.32. The van der Waals surface area contributed by atoms with Crippen LogP contribution in [0.1, 0.15) is 13.8 Å². The molecule has 0 atom stereocenters. The summed E-state index contributed by atoms with van der Waals surface area (Å²) in [6, 6.07) is 9.76. The number of ether oxygens (including phenoxy) is 2. The van der Waals surface area contributed by atoms with E-state index in [1.165, 1.54) is 6.20 Å². The summed E-state index contributed by atoms with van der Waals surface area (Å²) < 4.78 is 10.6. The van der Waals surface area contributed by atoms with Crippen molar-refractivity contribution in [2.45, 2.75) is 19.4 Å². The number of hydrogen-bond donors (Lipinski definition) is 1. The molecule has 1 heterocycles. The summed E-state index contributed by atoms with van der Waals surface area (Å²) in [6.45, 7) is 2.61. The highest BCUT2D eigenvalue weighted by atomic mass is 35.5. The lowest BCUT2D eigenvalue weighted by Crippen LogP contribution is -2.41. The van der Waals surface area contributed by atoms with Gasteiger partial charge in [0.1, 0.15) is 5.75 Å². The lowest BCUT2D eigenvalue weighted by molar-refractivity contribution is -0.161. The second-order valence-electron chi connectivity index (χ2n) is 5.53. The lowest BCUT2D eigenvalue weighted by Gasteiger charge is -2.24. The Morgan fingerprint density at radius 1 is 1.16 bits per heavy atom. The number of halogens is 2. The fourth-order valence-electron chi connectivity index (χ4n) is 1.81. The molecule has 0 saturated carbocycles. The summed E-state index contributed by atoms with van der Waals surface area (Å²) in [7, 11) is 0. The minimum Gasteiger partial charge on any atom is -0.476 e. The van der Waals surface area contributed by atoms with Crippen molar-refractivity contribution < 1.29 is 19.1 Å². The third kappa shape index (κ3) is 5.62. The van der Waals surface area contributed by atoms with E-state index < -0.39 is 24.1 Å². The molecule has 8 heteroatoms. The van der Waals surface area contributed by atoms with Crippen molar-refractivity contribution in [3.63, 3.8) is 0 Å². The topological polar surface area (TPSA) is 77.5 Å². The van der Waals surface area contributed by atoms with Crippen LogP contribution in [0.2, 0.25) is 10.2 Å². The monoisotopic (exact) mass is 382 g/mol. The van der Waals surface area contributed by atoms with Crippen molar-refractivity contribution in [3.8, 4) is 5.75 Å². The van der Waals surface area contributed by atoms with Crippen molar-refractivity contribution in [1.29, 1.82) is 0 Å². The Balaban J connectivity index is 1.88. The maximum atomic E-state index is 12.2. The van der Waals surface area contributed by atoms with Crippen LogP contribution < -0.4 is 10.1 Å². The van der Waals surface area contributed by atoms with Crippen LogP contribution in [-0.2, 0) is 14.3 Å². The van der Waals surface area contributed by atoms with Crippen molar-refractivity contribution in [3.05, 3.63) is 52.8 Å². The van der Waals surface area contributed by atoms with Crippen LogP contribution in [0.25, 0.3) is 0 Å². The zero-order valence-electron chi connectivity index (χ0n) is 13.6. The van der Waals surface area contributed by atoms with Crippen LogP contribution >= 0.6 is 23.2 Å². The van der Waals surface area contributed by atoms with Crippen LogP contribution in [-0.4, -0.2) is 29.1 Å². The maximum absolute atomic E-state index is 12.2. The smallest absolute Gasteiger partial charge is 0.350 e. The normalized spacial score (nSPS) is 10.9. The van der Waals surface area contributed by atoms with Gasteiger partial charge >= 0.3 is 5.97 Å². The fraction of sp³-hybridized carbons (Fsp3) is 0.235. The maximum Gasteiger partial charge on any atom is 0.350 e. The van der Waals surface area contributed by atoms with Gasteiger partial charge in [0.25, 0.3) is 5.91 Å². The molecule has 1 aromatic heterocycles. The summed E-state index contributed by atoms with van der Waals surface area (Å²) in [4.78, 5) is 27.9. The molecule has 0 aliphatic carbocycles. The van der Waals surface area contributed by atoms with E-state index in [1.54, 1.807) is 50.2 Å². The average molecular weight is 383 g/mol. The molecule has 132 valence electrons. The van der Waals surface area contributed by atoms with E-state index in [4.69, 9.17) is 32.7 Å². The Bertz CT molecular complexity index is 763. The zero-order chi connectivity index (χ0) is 18.4. The molecule has 25 heavy (non-hydrogen) atoms. The quantitative estimate of drug-likeness (QED) is 0.608. The second-order valence-corrected chi connectivity index (χ2v) is 6.33. The Kier molecular flexibility index (Phi) is 6.22. The predicted molar refractivity (Wildman–Crippen MR) is 95.0 cm³/mol. The first-order chi connectivity index (χ1) is 11.8. The largest absolute Gasteiger partial charge is 0.476 e. The van der Waals surface area contributed by atoms with Crippen molar-refractivity contribution >= 4 is 40.8 Å². The van der Waals surface area contributed by atoms with Crippen LogP contribution in [0.15, 0.2) is 42.6 Å². The number of nitrogens with one attached hydrogen (secondary N) is 1. The van der Waals surface area contributed by atoms with Crippen molar-refractivity contribution in [1.82, 2.24) is 4.98 Å². The van der Waals surface area contributed by atoms with Gasteiger partial charge in [0.05, 0.1) is 5.69 Å². The SMILES string of the molecule is CC(C)(Oc1ccc(Cl)cc1)C(=O)OCC(=O)Nc1cccnc1Cl. The number of carbonyl (C=O) groups is 2. The number of pyridine rings is 1. The van der Waals surface area contributed by atoms with Crippen molar-refractivity contribution in [2.24, 2.45) is 0 Å². The lowest BCUT2D eigenvalue weighted by atomic mass is 10.1. The highest BCUT2D eigenvalue weighted by Crippen LogP contribution is 2.22. The van der Waals surface area contributed by atoms with E-state index in [1.807, 2.05) is 0 Å². The van der Waals surface area contributed by atoms with Gasteiger partial charge in [0, 0.05) is 11.2 Å². The van der Waals surface area contributed by atoms with Crippen LogP contribution in [0.3, 0.4) is 0 Å². The number of rotatable bonds is 6. The predicted octanol–water partition coefficient (Wildman–Crippen LogP) is 3.73. The first-order valence-corrected chi connectivity index (χ1v) is 8.06. The Hall–Kier alpha value is -2.31. The van der Waals surface area contributed by atoms with E-state index in [9.17, 15) is 9.59 Å². The molecule has 0 radical (unpaired) electrons. The first kappa shape index (κ1) is 19.0. The number of nitrogens with zero attached hydrogens (tertiary/aromatic N) is 1. The molecule has 0 saturated heterocycles. The van der Waals surface area contributed by atoms with Crippen LogP contribution in [0.5, 0.6) is 5.75 Å². The van der Waals surface area contributed by atoms with Gasteiger partial charge in [-0.25, -0.2) is 9.78 Å². The Labute approximate surface area is 155 Å². The number of aromatic nitrogens is 1. The molecular formula is C17H16Cl2N2O4. The Morgan fingerprint density at radius 2 is 1.84 bits per heavy atom. The number of carbonyl (C=O) groups excluding carboxylic acids is 2. The van der Waals surface area contributed by atoms with E-state index in [0.717, 1.165) is 0 Å². The minimum absolute atomic E-state index is 0.147. The van der Waals surface area contributed by atoms with E-state index in [2.05, 4.69) is 10.3 Å². The number of anilines is 1. The number of esters is 1. The molecule has 6 nitrogen and oxygen atoms in total. The molecule has 1 aromatic carbocycles. The molecule has 0 spiro atoms. The van der Waals surface area contributed by atoms with Gasteiger partial charge in [-0.05, 0) is 50.2 Å². The summed E-state index contributed by atoms with van der Waals surface area (Å²) >= 11 is 11.6. The van der Waals surface area contributed by atoms with Crippen LogP contribution in [0, 0.1) is 0 Å². The molecule has 0 aliphatic rings. The van der Waals surface area contributed by atoms with Gasteiger partial charge in [-0.1, -0.05) is 23.2 Å². The van der Waals surface area contributed by atoms with Gasteiger partial charge < -0.3 is 14.8 Å².